The van der Waals surface area contributed by atoms with Crippen molar-refractivity contribution in [2.24, 2.45) is 0 Å². The summed E-state index contributed by atoms with van der Waals surface area (Å²) in [6, 6.07) is 16.9. The molecule has 0 unspecified atom stereocenters. The van der Waals surface area contributed by atoms with Crippen LogP contribution in [0.25, 0.3) is 21.5 Å². The third kappa shape index (κ3) is 2.32. The molecule has 0 spiro atoms. The molecule has 1 heteroatoms. The van der Waals surface area contributed by atoms with Gasteiger partial charge in [-0.1, -0.05) is 61.9 Å². The van der Waals surface area contributed by atoms with Gasteiger partial charge in [-0.2, -0.15) is 0 Å². The summed E-state index contributed by atoms with van der Waals surface area (Å²) in [5.41, 5.74) is 1.58. The fraction of sp³-hybridized carbons (Fsp3) is 0.300. The molecule has 1 N–H and O–H groups in total. The molecule has 0 aliphatic carbocycles. The van der Waals surface area contributed by atoms with Crippen molar-refractivity contribution in [2.45, 2.75) is 39.2 Å². The van der Waals surface area contributed by atoms with Crippen LogP contribution in [0.2, 0.25) is 0 Å². The second-order valence-electron chi connectivity index (χ2n) is 6.25. The molecule has 0 saturated heterocycles. The Balaban J connectivity index is 2.57. The first kappa shape index (κ1) is 14.1. The van der Waals surface area contributed by atoms with Crippen molar-refractivity contribution in [1.29, 1.82) is 0 Å². The number of aliphatic hydroxyl groups is 1. The summed E-state index contributed by atoms with van der Waals surface area (Å²) in [5.74, 6) is 0. The minimum atomic E-state index is -0.857. The Kier molecular flexibility index (Phi) is 3.46. The summed E-state index contributed by atoms with van der Waals surface area (Å²) in [6.07, 6.45) is 2.18. The Morgan fingerprint density at radius 3 is 1.62 bits per heavy atom. The van der Waals surface area contributed by atoms with E-state index in [0.29, 0.717) is 0 Å². The summed E-state index contributed by atoms with van der Waals surface area (Å²) >= 11 is 0. The predicted molar refractivity (Wildman–Crippen MR) is 90.7 cm³/mol. The van der Waals surface area contributed by atoms with Crippen LogP contribution in [0.4, 0.5) is 0 Å². The summed E-state index contributed by atoms with van der Waals surface area (Å²) in [6.45, 7) is 5.97. The molecular weight excluding hydrogens is 256 g/mol. The Labute approximate surface area is 126 Å². The third-order valence-corrected chi connectivity index (χ3v) is 4.15. The van der Waals surface area contributed by atoms with Crippen LogP contribution < -0.4 is 0 Å². The molecule has 21 heavy (non-hydrogen) atoms. The van der Waals surface area contributed by atoms with Gasteiger partial charge in [-0.25, -0.2) is 0 Å². The molecule has 0 fully saturated rings. The molecule has 0 bridgehead atoms. The minimum Gasteiger partial charge on any atom is -0.386 e. The molecule has 0 aromatic heterocycles. The molecule has 0 amide bonds. The molecule has 1 nitrogen and oxygen atoms in total. The van der Waals surface area contributed by atoms with Gasteiger partial charge in [0.2, 0.25) is 0 Å². The van der Waals surface area contributed by atoms with Crippen LogP contribution in [0.15, 0.2) is 48.5 Å². The van der Waals surface area contributed by atoms with E-state index < -0.39 is 5.60 Å². The van der Waals surface area contributed by atoms with Gasteiger partial charge in [-0.15, -0.1) is 0 Å². The molecular formula is C20H22O. The second-order valence-corrected chi connectivity index (χ2v) is 6.25. The first-order chi connectivity index (χ1) is 10.0. The molecule has 0 aliphatic rings. The highest BCUT2D eigenvalue weighted by atomic mass is 16.3. The zero-order chi connectivity index (χ0) is 15.0. The predicted octanol–water partition coefficient (Wildman–Crippen LogP) is 5.17. The van der Waals surface area contributed by atoms with E-state index >= 15 is 0 Å². The molecule has 0 heterocycles. The van der Waals surface area contributed by atoms with Gasteiger partial charge in [0.1, 0.15) is 0 Å². The highest BCUT2D eigenvalue weighted by Gasteiger charge is 2.23. The Hall–Kier alpha value is -1.86. The van der Waals surface area contributed by atoms with Crippen LogP contribution >= 0.6 is 0 Å². The van der Waals surface area contributed by atoms with E-state index in [9.17, 15) is 5.11 Å². The van der Waals surface area contributed by atoms with Crippen LogP contribution in [0, 0.1) is 0 Å². The van der Waals surface area contributed by atoms with E-state index in [4.69, 9.17) is 0 Å². The third-order valence-electron chi connectivity index (χ3n) is 4.15. The van der Waals surface area contributed by atoms with Gasteiger partial charge in [-0.05, 0) is 52.9 Å². The Morgan fingerprint density at radius 2 is 1.24 bits per heavy atom. The quantitative estimate of drug-likeness (QED) is 0.655. The lowest BCUT2D eigenvalue weighted by molar-refractivity contribution is 0.0817. The van der Waals surface area contributed by atoms with Gasteiger partial charge < -0.3 is 5.11 Å². The van der Waals surface area contributed by atoms with E-state index in [2.05, 4.69) is 55.5 Å². The van der Waals surface area contributed by atoms with E-state index in [1.807, 2.05) is 13.8 Å². The molecule has 0 saturated carbocycles. The maximum absolute atomic E-state index is 10.7. The maximum atomic E-state index is 10.7. The monoisotopic (exact) mass is 278 g/mol. The van der Waals surface area contributed by atoms with Gasteiger partial charge in [-0.3, -0.25) is 0 Å². The zero-order valence-corrected chi connectivity index (χ0v) is 13.0. The van der Waals surface area contributed by atoms with E-state index in [0.717, 1.165) is 18.4 Å². The van der Waals surface area contributed by atoms with Crippen LogP contribution in [-0.4, -0.2) is 5.11 Å². The molecule has 0 aliphatic heterocycles. The summed E-state index contributed by atoms with van der Waals surface area (Å²) < 4.78 is 0. The van der Waals surface area contributed by atoms with Gasteiger partial charge in [0.15, 0.2) is 0 Å². The van der Waals surface area contributed by atoms with Crippen molar-refractivity contribution in [2.75, 3.05) is 0 Å². The first-order valence-electron chi connectivity index (χ1n) is 7.69. The van der Waals surface area contributed by atoms with Gasteiger partial charge >= 0.3 is 0 Å². The van der Waals surface area contributed by atoms with Crippen molar-refractivity contribution < 1.29 is 5.11 Å². The van der Waals surface area contributed by atoms with Gasteiger partial charge in [0, 0.05) is 0 Å². The van der Waals surface area contributed by atoms with Crippen LogP contribution in [0.3, 0.4) is 0 Å². The van der Waals surface area contributed by atoms with Crippen molar-refractivity contribution in [3.8, 4) is 0 Å². The molecule has 0 radical (unpaired) electrons. The molecule has 3 rings (SSSR count). The lowest BCUT2D eigenvalue weighted by Gasteiger charge is -2.25. The van der Waals surface area contributed by atoms with Crippen LogP contribution in [0.5, 0.6) is 0 Å². The first-order valence-corrected chi connectivity index (χ1v) is 7.69. The molecule has 0 atom stereocenters. The molecule has 3 aromatic carbocycles. The van der Waals surface area contributed by atoms with Crippen LogP contribution in [0.1, 0.15) is 38.3 Å². The van der Waals surface area contributed by atoms with E-state index in [-0.39, 0.29) is 0 Å². The van der Waals surface area contributed by atoms with Crippen molar-refractivity contribution in [1.82, 2.24) is 0 Å². The summed E-state index contributed by atoms with van der Waals surface area (Å²) in [4.78, 5) is 0. The number of hydrogen-bond acceptors (Lipinski definition) is 1. The van der Waals surface area contributed by atoms with Gasteiger partial charge in [0.05, 0.1) is 5.60 Å². The number of benzene rings is 3. The van der Waals surface area contributed by atoms with E-state index in [1.54, 1.807) is 0 Å². The maximum Gasteiger partial charge on any atom is 0.0852 e. The largest absolute Gasteiger partial charge is 0.386 e. The molecule has 108 valence electrons. The van der Waals surface area contributed by atoms with Gasteiger partial charge in [0.25, 0.3) is 0 Å². The number of aryl methyl sites for hydroxylation is 1. The van der Waals surface area contributed by atoms with Crippen molar-refractivity contribution in [3.63, 3.8) is 0 Å². The highest BCUT2D eigenvalue weighted by Crippen LogP contribution is 2.38. The van der Waals surface area contributed by atoms with E-state index in [1.165, 1.54) is 27.1 Å². The summed E-state index contributed by atoms with van der Waals surface area (Å²) in [7, 11) is 0. The fourth-order valence-corrected chi connectivity index (χ4v) is 3.40. The highest BCUT2D eigenvalue weighted by molar-refractivity contribution is 6.06. The zero-order valence-electron chi connectivity index (χ0n) is 13.0. The smallest absolute Gasteiger partial charge is 0.0852 e. The topological polar surface area (TPSA) is 20.2 Å². The number of rotatable bonds is 3. The van der Waals surface area contributed by atoms with Crippen molar-refractivity contribution >= 4 is 21.5 Å². The SMILES string of the molecule is CCCc1c2ccccc2c(C(C)(C)O)c2ccccc12. The summed E-state index contributed by atoms with van der Waals surface area (Å²) in [5, 5.41) is 15.6. The second kappa shape index (κ2) is 5.16. The van der Waals surface area contributed by atoms with Crippen molar-refractivity contribution in [3.05, 3.63) is 59.7 Å². The lowest BCUT2D eigenvalue weighted by Crippen LogP contribution is -2.17. The lowest BCUT2D eigenvalue weighted by atomic mass is 9.84. The molecule has 3 aromatic rings. The minimum absolute atomic E-state index is 0.857. The van der Waals surface area contributed by atoms with Crippen LogP contribution in [-0.2, 0) is 12.0 Å². The standard InChI is InChI=1S/C20H22O/c1-4-9-14-15-10-5-7-12-17(15)19(20(2,3)21)18-13-8-6-11-16(14)18/h5-8,10-13,21H,4,9H2,1-3H3. The average Bonchev–Trinajstić information content (AvgIpc) is 2.46. The number of fused-ring (bicyclic) bond motifs is 2. The number of hydrogen-bond donors (Lipinski definition) is 1. The normalized spacial score (nSPS) is 12.2. The fourth-order valence-electron chi connectivity index (χ4n) is 3.40. The Morgan fingerprint density at radius 1 is 0.810 bits per heavy atom. The average molecular weight is 278 g/mol. The Bertz CT molecular complexity index is 737.